The fourth-order valence-electron chi connectivity index (χ4n) is 2.08. The monoisotopic (exact) mass is 434 g/mol. The van der Waals surface area contributed by atoms with Crippen LogP contribution >= 0.6 is 38.5 Å². The zero-order valence-electron chi connectivity index (χ0n) is 10.9. The van der Waals surface area contributed by atoms with Crippen LogP contribution in [0.1, 0.15) is 30.0 Å². The maximum Gasteiger partial charge on any atom is 0.0855 e. The molecule has 102 valence electrons. The maximum atomic E-state index is 10.4. The van der Waals surface area contributed by atoms with Crippen molar-refractivity contribution in [3.63, 3.8) is 0 Å². The Morgan fingerprint density at radius 2 is 2.11 bits per heavy atom. The highest BCUT2D eigenvalue weighted by atomic mass is 127. The van der Waals surface area contributed by atoms with Crippen LogP contribution in [0.25, 0.3) is 0 Å². The Labute approximate surface area is 135 Å². The van der Waals surface area contributed by atoms with Crippen LogP contribution in [0.3, 0.4) is 0 Å². The maximum absolute atomic E-state index is 10.4. The first kappa shape index (κ1) is 15.0. The molecule has 1 heterocycles. The minimum atomic E-state index is -0.510. The van der Waals surface area contributed by atoms with Crippen molar-refractivity contribution in [3.05, 3.63) is 49.3 Å². The second-order valence-corrected chi connectivity index (χ2v) is 6.38. The molecule has 0 amide bonds. The summed E-state index contributed by atoms with van der Waals surface area (Å²) in [7, 11) is 1.92. The number of nitrogens with zero attached hydrogens (tertiary/aromatic N) is 2. The summed E-state index contributed by atoms with van der Waals surface area (Å²) >= 11 is 5.84. The van der Waals surface area contributed by atoms with Gasteiger partial charge in [-0.15, -0.1) is 0 Å². The van der Waals surface area contributed by atoms with Gasteiger partial charge in [-0.05, 0) is 56.6 Å². The number of aryl methyl sites for hydroxylation is 2. The standard InChI is InChI=1S/C14H16BrIN2O/c1-3-11-14(15)12(18(2)17-11)8-13(19)9-6-4-5-7-10(9)16/h4-7,13,19H,3,8H2,1-2H3. The van der Waals surface area contributed by atoms with E-state index < -0.39 is 6.10 Å². The first-order chi connectivity index (χ1) is 9.04. The van der Waals surface area contributed by atoms with E-state index >= 15 is 0 Å². The van der Waals surface area contributed by atoms with Crippen molar-refractivity contribution in [1.82, 2.24) is 9.78 Å². The largest absolute Gasteiger partial charge is 0.388 e. The number of hydrogen-bond donors (Lipinski definition) is 1. The van der Waals surface area contributed by atoms with E-state index in [2.05, 4.69) is 50.5 Å². The Hall–Kier alpha value is -0.400. The van der Waals surface area contributed by atoms with E-state index in [9.17, 15) is 5.11 Å². The van der Waals surface area contributed by atoms with E-state index in [1.165, 1.54) is 0 Å². The molecule has 0 spiro atoms. The first-order valence-corrected chi connectivity index (χ1v) is 8.04. The van der Waals surface area contributed by atoms with Gasteiger partial charge in [0.2, 0.25) is 0 Å². The molecular formula is C14H16BrIN2O. The van der Waals surface area contributed by atoms with Gasteiger partial charge in [0, 0.05) is 17.0 Å². The molecule has 0 aliphatic carbocycles. The van der Waals surface area contributed by atoms with Crippen LogP contribution in [-0.2, 0) is 19.9 Å². The zero-order chi connectivity index (χ0) is 14.0. The molecular weight excluding hydrogens is 419 g/mol. The topological polar surface area (TPSA) is 38.0 Å². The van der Waals surface area contributed by atoms with Crippen LogP contribution < -0.4 is 0 Å². The summed E-state index contributed by atoms with van der Waals surface area (Å²) in [4.78, 5) is 0. The molecule has 0 fully saturated rings. The summed E-state index contributed by atoms with van der Waals surface area (Å²) in [6.07, 6.45) is 0.932. The number of aliphatic hydroxyl groups is 1. The molecule has 0 aliphatic rings. The van der Waals surface area contributed by atoms with E-state index in [4.69, 9.17) is 0 Å². The molecule has 0 aliphatic heterocycles. The highest BCUT2D eigenvalue weighted by molar-refractivity contribution is 14.1. The van der Waals surface area contributed by atoms with Crippen LogP contribution in [0, 0.1) is 3.57 Å². The Bertz CT molecular complexity index is 583. The molecule has 0 radical (unpaired) electrons. The third-order valence-corrected chi connectivity index (χ3v) is 5.05. The molecule has 0 saturated carbocycles. The van der Waals surface area contributed by atoms with Crippen LogP contribution in [0.2, 0.25) is 0 Å². The molecule has 3 nitrogen and oxygen atoms in total. The van der Waals surface area contributed by atoms with Gasteiger partial charge >= 0.3 is 0 Å². The van der Waals surface area contributed by atoms with Gasteiger partial charge in [-0.3, -0.25) is 4.68 Å². The normalized spacial score (nSPS) is 12.7. The van der Waals surface area contributed by atoms with Gasteiger partial charge < -0.3 is 5.11 Å². The summed E-state index contributed by atoms with van der Waals surface area (Å²) in [6, 6.07) is 7.91. The van der Waals surface area contributed by atoms with Crippen molar-refractivity contribution >= 4 is 38.5 Å². The van der Waals surface area contributed by atoms with E-state index in [-0.39, 0.29) is 0 Å². The quantitative estimate of drug-likeness (QED) is 0.746. The van der Waals surface area contributed by atoms with E-state index in [0.717, 1.165) is 31.4 Å². The molecule has 1 N–H and O–H groups in total. The van der Waals surface area contributed by atoms with Crippen molar-refractivity contribution in [2.45, 2.75) is 25.9 Å². The Morgan fingerprint density at radius 1 is 1.42 bits per heavy atom. The third-order valence-electron chi connectivity index (χ3n) is 3.15. The highest BCUT2D eigenvalue weighted by Crippen LogP contribution is 2.28. The molecule has 0 saturated heterocycles. The lowest BCUT2D eigenvalue weighted by molar-refractivity contribution is 0.174. The Kier molecular flexibility index (Phi) is 5.03. The van der Waals surface area contributed by atoms with Gasteiger partial charge in [-0.1, -0.05) is 25.1 Å². The van der Waals surface area contributed by atoms with Crippen molar-refractivity contribution in [2.75, 3.05) is 0 Å². The van der Waals surface area contributed by atoms with Crippen LogP contribution in [0.15, 0.2) is 28.7 Å². The lowest BCUT2D eigenvalue weighted by Gasteiger charge is -2.13. The average molecular weight is 435 g/mol. The van der Waals surface area contributed by atoms with E-state index in [1.54, 1.807) is 0 Å². The summed E-state index contributed by atoms with van der Waals surface area (Å²) in [6.45, 7) is 2.08. The lowest BCUT2D eigenvalue weighted by atomic mass is 10.0. The van der Waals surface area contributed by atoms with Gasteiger partial charge in [0.25, 0.3) is 0 Å². The van der Waals surface area contributed by atoms with Gasteiger partial charge in [-0.25, -0.2) is 0 Å². The van der Waals surface area contributed by atoms with Gasteiger partial charge in [0.1, 0.15) is 0 Å². The predicted molar refractivity (Wildman–Crippen MR) is 88.1 cm³/mol. The molecule has 2 rings (SSSR count). The molecule has 1 atom stereocenters. The van der Waals surface area contributed by atoms with Gasteiger partial charge in [-0.2, -0.15) is 5.10 Å². The third kappa shape index (κ3) is 3.20. The second-order valence-electron chi connectivity index (χ2n) is 4.43. The molecule has 0 bridgehead atoms. The summed E-state index contributed by atoms with van der Waals surface area (Å²) in [5.74, 6) is 0. The number of aliphatic hydroxyl groups excluding tert-OH is 1. The number of aromatic nitrogens is 2. The predicted octanol–water partition coefficient (Wildman–Crippen LogP) is 3.63. The fourth-order valence-corrected chi connectivity index (χ4v) is 3.61. The van der Waals surface area contributed by atoms with Crippen LogP contribution in [0.4, 0.5) is 0 Å². The molecule has 19 heavy (non-hydrogen) atoms. The summed E-state index contributed by atoms with van der Waals surface area (Å²) in [5, 5.41) is 14.9. The highest BCUT2D eigenvalue weighted by Gasteiger charge is 2.18. The molecule has 5 heteroatoms. The fraction of sp³-hybridized carbons (Fsp3) is 0.357. The minimum Gasteiger partial charge on any atom is -0.388 e. The minimum absolute atomic E-state index is 0.510. The van der Waals surface area contributed by atoms with E-state index in [1.807, 2.05) is 36.0 Å². The van der Waals surface area contributed by atoms with Crippen molar-refractivity contribution < 1.29 is 5.11 Å². The Balaban J connectivity index is 2.27. The van der Waals surface area contributed by atoms with Gasteiger partial charge in [0.05, 0.1) is 22.0 Å². The Morgan fingerprint density at radius 3 is 2.68 bits per heavy atom. The molecule has 1 aromatic heterocycles. The zero-order valence-corrected chi connectivity index (χ0v) is 14.6. The van der Waals surface area contributed by atoms with Crippen molar-refractivity contribution in [2.24, 2.45) is 7.05 Å². The van der Waals surface area contributed by atoms with Gasteiger partial charge in [0.15, 0.2) is 0 Å². The lowest BCUT2D eigenvalue weighted by Crippen LogP contribution is -2.08. The van der Waals surface area contributed by atoms with Crippen molar-refractivity contribution in [1.29, 1.82) is 0 Å². The van der Waals surface area contributed by atoms with Crippen LogP contribution in [0.5, 0.6) is 0 Å². The van der Waals surface area contributed by atoms with E-state index in [0.29, 0.717) is 6.42 Å². The average Bonchev–Trinajstić information content (AvgIpc) is 2.66. The summed E-state index contributed by atoms with van der Waals surface area (Å²) in [5.41, 5.74) is 3.03. The number of rotatable bonds is 4. The first-order valence-electron chi connectivity index (χ1n) is 6.17. The van der Waals surface area contributed by atoms with Crippen molar-refractivity contribution in [3.8, 4) is 0 Å². The molecule has 1 aromatic carbocycles. The second kappa shape index (κ2) is 6.37. The molecule has 1 unspecified atom stereocenters. The van der Waals surface area contributed by atoms with Crippen LogP contribution in [-0.4, -0.2) is 14.9 Å². The number of hydrogen-bond acceptors (Lipinski definition) is 2. The molecule has 2 aromatic rings. The number of halogens is 2. The summed E-state index contributed by atoms with van der Waals surface area (Å²) < 4.78 is 3.95. The smallest absolute Gasteiger partial charge is 0.0855 e. The SMILES string of the molecule is CCc1nn(C)c(CC(O)c2ccccc2I)c1Br. The number of benzene rings is 1.